The third-order valence-electron chi connectivity index (χ3n) is 4.33. The Morgan fingerprint density at radius 3 is 2.83 bits per heavy atom. The molecular weight excluding hydrogens is 314 g/mol. The maximum atomic E-state index is 12.2. The van der Waals surface area contributed by atoms with E-state index < -0.39 is 18.0 Å². The van der Waals surface area contributed by atoms with E-state index in [4.69, 9.17) is 4.84 Å². The average molecular weight is 331 g/mol. The Balaban J connectivity index is 2.07. The third-order valence-corrected chi connectivity index (χ3v) is 4.33. The molecule has 0 bridgehead atoms. The highest BCUT2D eigenvalue weighted by Crippen LogP contribution is 2.44. The normalized spacial score (nSPS) is 24.5. The molecule has 0 unspecified atom stereocenters. The number of carbonyl (C=O) groups excluding carboxylic acids is 1. The minimum absolute atomic E-state index is 0.110. The summed E-state index contributed by atoms with van der Waals surface area (Å²) in [6.07, 6.45) is 2.60. The maximum Gasteiger partial charge on any atom is 0.352 e. The fourth-order valence-corrected chi connectivity index (χ4v) is 3.36. The largest absolute Gasteiger partial charge is 0.477 e. The van der Waals surface area contributed by atoms with Crippen LogP contribution in [0.4, 0.5) is 0 Å². The van der Waals surface area contributed by atoms with Gasteiger partial charge in [-0.3, -0.25) is 9.78 Å². The number of pyridine rings is 1. The number of carboxylic acids is 1. The second kappa shape index (κ2) is 6.04. The van der Waals surface area contributed by atoms with Gasteiger partial charge in [0.05, 0.1) is 18.1 Å². The molecule has 24 heavy (non-hydrogen) atoms. The van der Waals surface area contributed by atoms with Gasteiger partial charge in [-0.25, -0.2) is 4.79 Å². The zero-order chi connectivity index (χ0) is 17.4. The van der Waals surface area contributed by atoms with Gasteiger partial charge < -0.3 is 20.0 Å². The summed E-state index contributed by atoms with van der Waals surface area (Å²) in [7, 11) is 1.37. The van der Waals surface area contributed by atoms with Crippen molar-refractivity contribution in [1.82, 2.24) is 9.88 Å². The second-order valence-electron chi connectivity index (χ2n) is 5.74. The van der Waals surface area contributed by atoms with Gasteiger partial charge in [0, 0.05) is 23.5 Å². The van der Waals surface area contributed by atoms with Gasteiger partial charge in [-0.2, -0.15) is 0 Å². The number of hydrogen-bond acceptors (Lipinski definition) is 6. The van der Waals surface area contributed by atoms with Crippen molar-refractivity contribution < 1.29 is 24.6 Å². The molecule has 3 rings (SSSR count). The van der Waals surface area contributed by atoms with Crippen molar-refractivity contribution in [2.45, 2.75) is 25.5 Å². The van der Waals surface area contributed by atoms with E-state index in [1.165, 1.54) is 18.9 Å². The van der Waals surface area contributed by atoms with E-state index in [-0.39, 0.29) is 17.6 Å². The van der Waals surface area contributed by atoms with Crippen LogP contribution >= 0.6 is 0 Å². The van der Waals surface area contributed by atoms with E-state index in [0.29, 0.717) is 23.3 Å². The summed E-state index contributed by atoms with van der Waals surface area (Å²) >= 11 is 0. The number of aliphatic carboxylic acids is 1. The van der Waals surface area contributed by atoms with Crippen LogP contribution in [0, 0.1) is 5.92 Å². The molecule has 2 aliphatic heterocycles. The van der Waals surface area contributed by atoms with Gasteiger partial charge in [-0.15, -0.1) is 0 Å². The number of aliphatic hydroxyl groups excluding tert-OH is 1. The number of oxime groups is 1. The molecule has 0 spiro atoms. The number of rotatable bonds is 5. The molecule has 1 aromatic rings. The Kier molecular flexibility index (Phi) is 4.06. The number of aliphatic hydroxyl groups is 1. The van der Waals surface area contributed by atoms with Gasteiger partial charge in [0.1, 0.15) is 18.5 Å². The first kappa shape index (κ1) is 16.1. The quantitative estimate of drug-likeness (QED) is 0.458. The van der Waals surface area contributed by atoms with Crippen LogP contribution in [0.25, 0.3) is 0 Å². The molecule has 2 aliphatic rings. The van der Waals surface area contributed by atoms with E-state index in [0.717, 1.165) is 0 Å². The Morgan fingerprint density at radius 2 is 2.29 bits per heavy atom. The van der Waals surface area contributed by atoms with E-state index in [9.17, 15) is 19.8 Å². The van der Waals surface area contributed by atoms with Crippen LogP contribution in [0.3, 0.4) is 0 Å². The summed E-state index contributed by atoms with van der Waals surface area (Å²) in [5.41, 5.74) is 1.21. The number of carbonyl (C=O) groups is 2. The molecule has 3 atom stereocenters. The zero-order valence-electron chi connectivity index (χ0n) is 13.2. The molecule has 8 nitrogen and oxygen atoms in total. The average Bonchev–Trinajstić information content (AvgIpc) is 2.88. The van der Waals surface area contributed by atoms with Crippen LogP contribution in [-0.2, 0) is 14.4 Å². The molecular formula is C16H17N3O5. The summed E-state index contributed by atoms with van der Waals surface area (Å²) in [4.78, 5) is 34.1. The van der Waals surface area contributed by atoms with Gasteiger partial charge in [0.2, 0.25) is 5.91 Å². The summed E-state index contributed by atoms with van der Waals surface area (Å²) in [6, 6.07) is 3.06. The second-order valence-corrected chi connectivity index (χ2v) is 5.74. The fraction of sp³-hybridized carbons (Fsp3) is 0.375. The van der Waals surface area contributed by atoms with E-state index in [2.05, 4.69) is 10.1 Å². The standard InChI is InChI=1S/C16H17N3O5/c1-8(20)12-11-6-10(14(16(22)23)19(11)15(12)21)13(18-24-2)9-4-3-5-17-7-9/h3-5,7-8,11-12,20H,6H2,1-2H3,(H,22,23)/b18-13-/t8-,11-,12-/m1/s1. The summed E-state index contributed by atoms with van der Waals surface area (Å²) in [6.45, 7) is 1.53. The predicted octanol–water partition coefficient (Wildman–Crippen LogP) is 0.382. The van der Waals surface area contributed by atoms with Gasteiger partial charge >= 0.3 is 5.97 Å². The van der Waals surface area contributed by atoms with Crippen molar-refractivity contribution in [3.8, 4) is 0 Å². The van der Waals surface area contributed by atoms with Crippen LogP contribution < -0.4 is 0 Å². The molecule has 0 saturated carbocycles. The van der Waals surface area contributed by atoms with Crippen molar-refractivity contribution in [2.24, 2.45) is 11.1 Å². The zero-order valence-corrected chi connectivity index (χ0v) is 13.2. The minimum Gasteiger partial charge on any atom is -0.477 e. The number of hydrogen-bond donors (Lipinski definition) is 2. The molecule has 1 aromatic heterocycles. The Hall–Kier alpha value is -2.74. The molecule has 1 amide bonds. The molecule has 1 fully saturated rings. The Morgan fingerprint density at radius 1 is 1.54 bits per heavy atom. The van der Waals surface area contributed by atoms with Crippen LogP contribution in [0.1, 0.15) is 18.9 Å². The van der Waals surface area contributed by atoms with E-state index in [1.807, 2.05) is 0 Å². The SMILES string of the molecule is CO/N=C(\C1=C(C(=O)O)N2C(=O)[C@H]([C@@H](C)O)[C@H]2C1)c1cccnc1. The maximum absolute atomic E-state index is 12.2. The van der Waals surface area contributed by atoms with Crippen molar-refractivity contribution in [3.63, 3.8) is 0 Å². The van der Waals surface area contributed by atoms with Crippen LogP contribution in [0.2, 0.25) is 0 Å². The lowest BCUT2D eigenvalue weighted by Crippen LogP contribution is -2.61. The van der Waals surface area contributed by atoms with Crippen LogP contribution in [-0.4, -0.2) is 56.9 Å². The van der Waals surface area contributed by atoms with Gasteiger partial charge in [0.15, 0.2) is 0 Å². The predicted molar refractivity (Wildman–Crippen MR) is 82.9 cm³/mol. The monoisotopic (exact) mass is 331 g/mol. The van der Waals surface area contributed by atoms with Crippen molar-refractivity contribution in [2.75, 3.05) is 7.11 Å². The fourth-order valence-electron chi connectivity index (χ4n) is 3.36. The molecule has 0 radical (unpaired) electrons. The molecule has 0 aliphatic carbocycles. The summed E-state index contributed by atoms with van der Waals surface area (Å²) in [5.74, 6) is -2.20. The number of amides is 1. The Labute approximate surface area is 138 Å². The first-order chi connectivity index (χ1) is 11.5. The summed E-state index contributed by atoms with van der Waals surface area (Å²) in [5, 5.41) is 23.3. The molecule has 126 valence electrons. The lowest BCUT2D eigenvalue weighted by Gasteiger charge is -2.44. The highest BCUT2D eigenvalue weighted by molar-refractivity contribution is 6.17. The molecule has 2 N–H and O–H groups in total. The Bertz CT molecular complexity index is 741. The van der Waals surface area contributed by atoms with E-state index in [1.54, 1.807) is 24.5 Å². The number of β-lactam (4-membered cyclic amide) rings is 1. The highest BCUT2D eigenvalue weighted by atomic mass is 16.6. The smallest absolute Gasteiger partial charge is 0.352 e. The molecule has 8 heteroatoms. The van der Waals surface area contributed by atoms with Gasteiger partial charge in [-0.05, 0) is 25.5 Å². The van der Waals surface area contributed by atoms with Gasteiger partial charge in [-0.1, -0.05) is 5.16 Å². The highest BCUT2D eigenvalue weighted by Gasteiger charge is 2.57. The molecule has 1 saturated heterocycles. The lowest BCUT2D eigenvalue weighted by atomic mass is 9.82. The number of fused-ring (bicyclic) bond motifs is 1. The van der Waals surface area contributed by atoms with Gasteiger partial charge in [0.25, 0.3) is 0 Å². The van der Waals surface area contributed by atoms with Crippen molar-refractivity contribution in [1.29, 1.82) is 0 Å². The molecule has 0 aromatic carbocycles. The van der Waals surface area contributed by atoms with Crippen LogP contribution in [0.15, 0.2) is 41.0 Å². The number of carboxylic acid groups (broad SMARTS) is 1. The first-order valence-electron chi connectivity index (χ1n) is 7.46. The third kappa shape index (κ3) is 2.35. The van der Waals surface area contributed by atoms with Crippen molar-refractivity contribution >= 4 is 17.6 Å². The van der Waals surface area contributed by atoms with Crippen molar-refractivity contribution in [3.05, 3.63) is 41.4 Å². The number of nitrogens with zero attached hydrogens (tertiary/aromatic N) is 3. The topological polar surface area (TPSA) is 112 Å². The lowest BCUT2D eigenvalue weighted by molar-refractivity contribution is -0.161. The minimum atomic E-state index is -1.21. The number of aromatic nitrogens is 1. The first-order valence-corrected chi connectivity index (χ1v) is 7.46. The molecule has 3 heterocycles. The van der Waals surface area contributed by atoms with Crippen LogP contribution in [0.5, 0.6) is 0 Å². The summed E-state index contributed by atoms with van der Waals surface area (Å²) < 4.78 is 0. The van der Waals surface area contributed by atoms with E-state index >= 15 is 0 Å².